The van der Waals surface area contributed by atoms with Gasteiger partial charge >= 0.3 is 0 Å². The van der Waals surface area contributed by atoms with Crippen LogP contribution >= 0.6 is 24.0 Å². The molecule has 0 radical (unpaired) electrons. The number of piperazine rings is 1. The van der Waals surface area contributed by atoms with Gasteiger partial charge in [-0.25, -0.2) is 4.39 Å². The van der Waals surface area contributed by atoms with E-state index in [9.17, 15) is 4.39 Å². The van der Waals surface area contributed by atoms with Crippen molar-refractivity contribution in [1.29, 1.82) is 0 Å². The van der Waals surface area contributed by atoms with Gasteiger partial charge in [0.05, 0.1) is 6.61 Å². The van der Waals surface area contributed by atoms with E-state index in [2.05, 4.69) is 26.7 Å². The first-order valence-electron chi connectivity index (χ1n) is 8.83. The van der Waals surface area contributed by atoms with Gasteiger partial charge in [-0.2, -0.15) is 0 Å². The highest BCUT2D eigenvalue weighted by Gasteiger charge is 2.18. The summed E-state index contributed by atoms with van der Waals surface area (Å²) in [6, 6.07) is 6.65. The van der Waals surface area contributed by atoms with E-state index in [1.807, 2.05) is 12.1 Å². The minimum Gasteiger partial charge on any atom is -0.383 e. The molecule has 1 fully saturated rings. The van der Waals surface area contributed by atoms with E-state index in [-0.39, 0.29) is 29.8 Å². The molecule has 26 heavy (non-hydrogen) atoms. The Kier molecular flexibility index (Phi) is 10.8. The number of hydrogen-bond acceptors (Lipinski definition) is 4. The number of rotatable bonds is 8. The highest BCUT2D eigenvalue weighted by Crippen LogP contribution is 2.16. The van der Waals surface area contributed by atoms with Crippen LogP contribution in [0.4, 0.5) is 10.1 Å². The van der Waals surface area contributed by atoms with E-state index >= 15 is 0 Å². The minimum absolute atomic E-state index is 0. The van der Waals surface area contributed by atoms with Crippen LogP contribution in [0.2, 0.25) is 0 Å². The molecule has 0 unspecified atom stereocenters. The molecule has 1 aromatic rings. The van der Waals surface area contributed by atoms with Crippen LogP contribution in [0.15, 0.2) is 29.3 Å². The summed E-state index contributed by atoms with van der Waals surface area (Å²) in [5.41, 5.74) is 7.18. The molecular weight excluding hydrogens is 448 g/mol. The van der Waals surface area contributed by atoms with Gasteiger partial charge in [0, 0.05) is 52.1 Å². The predicted molar refractivity (Wildman–Crippen MR) is 116 cm³/mol. The van der Waals surface area contributed by atoms with Crippen molar-refractivity contribution in [3.8, 4) is 0 Å². The predicted octanol–water partition coefficient (Wildman–Crippen LogP) is 1.85. The second kappa shape index (κ2) is 12.3. The maximum absolute atomic E-state index is 13.0. The minimum atomic E-state index is -0.202. The summed E-state index contributed by atoms with van der Waals surface area (Å²) >= 11 is 0. The first kappa shape index (κ1) is 22.9. The SMILES string of the molecule is COCCN(C)CCCN=C(N)N1CCN(c2ccc(F)cc2)CC1.I. The molecule has 0 bridgehead atoms. The van der Waals surface area contributed by atoms with Gasteiger partial charge in [0.1, 0.15) is 5.82 Å². The lowest BCUT2D eigenvalue weighted by molar-refractivity contribution is 0.161. The topological polar surface area (TPSA) is 57.3 Å². The molecule has 148 valence electrons. The molecule has 2 rings (SSSR count). The van der Waals surface area contributed by atoms with Crippen molar-refractivity contribution >= 4 is 35.6 Å². The van der Waals surface area contributed by atoms with E-state index in [0.29, 0.717) is 5.96 Å². The normalized spacial score (nSPS) is 15.3. The summed E-state index contributed by atoms with van der Waals surface area (Å²) in [5, 5.41) is 0. The summed E-state index contributed by atoms with van der Waals surface area (Å²) < 4.78 is 18.1. The standard InChI is InChI=1S/C18H30FN5O.HI/c1-22(14-15-25-2)9-3-8-21-18(20)24-12-10-23(11-13-24)17-6-4-16(19)5-7-17;/h4-7H,3,8-15H2,1-2H3,(H2,20,21);1H. The van der Waals surface area contributed by atoms with Crippen molar-refractivity contribution in [2.45, 2.75) is 6.42 Å². The summed E-state index contributed by atoms with van der Waals surface area (Å²) in [7, 11) is 3.80. The highest BCUT2D eigenvalue weighted by atomic mass is 127. The Morgan fingerprint density at radius 3 is 2.46 bits per heavy atom. The number of ether oxygens (including phenoxy) is 1. The zero-order chi connectivity index (χ0) is 18.1. The number of aliphatic imine (C=N–C) groups is 1. The lowest BCUT2D eigenvalue weighted by atomic mass is 10.2. The van der Waals surface area contributed by atoms with Crippen LogP contribution in [-0.2, 0) is 4.74 Å². The van der Waals surface area contributed by atoms with Crippen LogP contribution in [0.1, 0.15) is 6.42 Å². The van der Waals surface area contributed by atoms with Crippen molar-refractivity contribution in [2.75, 3.05) is 71.5 Å². The molecule has 0 spiro atoms. The molecule has 0 atom stereocenters. The van der Waals surface area contributed by atoms with Crippen LogP contribution in [-0.4, -0.2) is 82.3 Å². The molecule has 1 aromatic carbocycles. The van der Waals surface area contributed by atoms with E-state index in [0.717, 1.165) is 64.5 Å². The third-order valence-electron chi connectivity index (χ3n) is 4.44. The average molecular weight is 479 g/mol. The smallest absolute Gasteiger partial charge is 0.191 e. The zero-order valence-corrected chi connectivity index (χ0v) is 18.1. The van der Waals surface area contributed by atoms with E-state index in [1.165, 1.54) is 12.1 Å². The Labute approximate surface area is 173 Å². The summed E-state index contributed by atoms with van der Waals surface area (Å²) in [5.74, 6) is 0.421. The molecule has 1 aliphatic rings. The Bertz CT molecular complexity index is 535. The molecule has 0 aromatic heterocycles. The number of methoxy groups -OCH3 is 1. The molecule has 0 aliphatic carbocycles. The Morgan fingerprint density at radius 2 is 1.85 bits per heavy atom. The van der Waals surface area contributed by atoms with E-state index < -0.39 is 0 Å². The van der Waals surface area contributed by atoms with Crippen LogP contribution in [0.5, 0.6) is 0 Å². The number of anilines is 1. The number of guanidine groups is 1. The van der Waals surface area contributed by atoms with Crippen molar-refractivity contribution in [3.63, 3.8) is 0 Å². The second-order valence-electron chi connectivity index (χ2n) is 6.34. The van der Waals surface area contributed by atoms with Crippen molar-refractivity contribution in [1.82, 2.24) is 9.80 Å². The molecule has 1 heterocycles. The fourth-order valence-corrected chi connectivity index (χ4v) is 2.84. The van der Waals surface area contributed by atoms with Gasteiger partial charge < -0.3 is 25.2 Å². The van der Waals surface area contributed by atoms with Crippen molar-refractivity contribution < 1.29 is 9.13 Å². The van der Waals surface area contributed by atoms with Gasteiger partial charge in [-0.3, -0.25) is 4.99 Å². The molecule has 0 amide bonds. The third-order valence-corrected chi connectivity index (χ3v) is 4.44. The third kappa shape index (κ3) is 7.63. The summed E-state index contributed by atoms with van der Waals surface area (Å²) in [6.07, 6.45) is 0.983. The first-order valence-corrected chi connectivity index (χ1v) is 8.83. The molecule has 8 heteroatoms. The molecule has 1 aliphatic heterocycles. The van der Waals surface area contributed by atoms with Gasteiger partial charge in [-0.1, -0.05) is 0 Å². The fourth-order valence-electron chi connectivity index (χ4n) is 2.84. The maximum atomic E-state index is 13.0. The average Bonchev–Trinajstić information content (AvgIpc) is 2.64. The van der Waals surface area contributed by atoms with Crippen LogP contribution in [0.3, 0.4) is 0 Å². The van der Waals surface area contributed by atoms with E-state index in [1.54, 1.807) is 7.11 Å². The molecule has 6 nitrogen and oxygen atoms in total. The maximum Gasteiger partial charge on any atom is 0.191 e. The second-order valence-corrected chi connectivity index (χ2v) is 6.34. The van der Waals surface area contributed by atoms with Gasteiger partial charge in [0.25, 0.3) is 0 Å². The Morgan fingerprint density at radius 1 is 1.19 bits per heavy atom. The molecular formula is C18H31FIN5O. The van der Waals surface area contributed by atoms with Gasteiger partial charge in [-0.15, -0.1) is 24.0 Å². The monoisotopic (exact) mass is 479 g/mol. The van der Waals surface area contributed by atoms with Crippen molar-refractivity contribution in [2.24, 2.45) is 10.7 Å². The van der Waals surface area contributed by atoms with Crippen LogP contribution in [0.25, 0.3) is 0 Å². The lowest BCUT2D eigenvalue weighted by Gasteiger charge is -2.36. The number of likely N-dealkylation sites (N-methyl/N-ethyl adjacent to an activating group) is 1. The number of benzene rings is 1. The highest BCUT2D eigenvalue weighted by molar-refractivity contribution is 14.0. The fraction of sp³-hybridized carbons (Fsp3) is 0.611. The number of nitrogens with two attached hydrogens (primary N) is 1. The quantitative estimate of drug-likeness (QED) is 0.267. The molecule has 2 N–H and O–H groups in total. The number of nitrogens with zero attached hydrogens (tertiary/aromatic N) is 4. The largest absolute Gasteiger partial charge is 0.383 e. The Hall–Kier alpha value is -1.13. The molecule has 0 saturated carbocycles. The Balaban J connectivity index is 0.00000338. The van der Waals surface area contributed by atoms with Gasteiger partial charge in [0.2, 0.25) is 0 Å². The van der Waals surface area contributed by atoms with E-state index in [4.69, 9.17) is 10.5 Å². The summed E-state index contributed by atoms with van der Waals surface area (Å²) in [6.45, 7) is 6.80. The zero-order valence-electron chi connectivity index (χ0n) is 15.7. The van der Waals surface area contributed by atoms with Gasteiger partial charge in [-0.05, 0) is 44.3 Å². The van der Waals surface area contributed by atoms with Crippen LogP contribution in [0, 0.1) is 5.82 Å². The summed E-state index contributed by atoms with van der Waals surface area (Å²) in [4.78, 5) is 11.1. The van der Waals surface area contributed by atoms with Crippen LogP contribution < -0.4 is 10.6 Å². The molecule has 1 saturated heterocycles. The lowest BCUT2D eigenvalue weighted by Crippen LogP contribution is -2.51. The van der Waals surface area contributed by atoms with Crippen molar-refractivity contribution in [3.05, 3.63) is 30.1 Å². The number of halogens is 2. The first-order chi connectivity index (χ1) is 12.1. The van der Waals surface area contributed by atoms with Gasteiger partial charge in [0.15, 0.2) is 5.96 Å². The number of hydrogen-bond donors (Lipinski definition) is 1.